The molecule has 0 aliphatic rings. The Labute approximate surface area is 129 Å². The Hall–Kier alpha value is -2.41. The molecule has 0 aliphatic carbocycles. The zero-order valence-corrected chi connectivity index (χ0v) is 12.7. The number of aliphatic carboxylic acids is 1. The summed E-state index contributed by atoms with van der Waals surface area (Å²) in [5, 5.41) is 11.2. The van der Waals surface area contributed by atoms with Gasteiger partial charge in [0, 0.05) is 20.5 Å². The van der Waals surface area contributed by atoms with Gasteiger partial charge in [0.15, 0.2) is 0 Å². The van der Waals surface area contributed by atoms with Crippen LogP contribution < -0.4 is 11.1 Å². The zero-order chi connectivity index (χ0) is 16.7. The molecule has 4 N–H and O–H groups in total. The van der Waals surface area contributed by atoms with Crippen LogP contribution in [0.3, 0.4) is 0 Å². The second-order valence-corrected chi connectivity index (χ2v) is 5.19. The third kappa shape index (κ3) is 5.53. The molecule has 2 amide bonds. The number of likely N-dealkylation sites (N-methyl/N-ethyl adjacent to an activating group) is 1. The van der Waals surface area contributed by atoms with Gasteiger partial charge in [-0.1, -0.05) is 30.3 Å². The van der Waals surface area contributed by atoms with Crippen molar-refractivity contribution in [1.82, 2.24) is 10.2 Å². The first-order valence-electron chi connectivity index (χ1n) is 6.84. The molecular formula is C15H21N3O4. The van der Waals surface area contributed by atoms with Gasteiger partial charge in [0.05, 0.1) is 12.5 Å². The minimum Gasteiger partial charge on any atom is -0.481 e. The highest BCUT2D eigenvalue weighted by molar-refractivity contribution is 5.91. The molecule has 0 spiro atoms. The standard InChI is InChI=1S/C15H21N3O4/c1-18(2)15(22)12(8-10-6-4-3-5-7-10)17-14(21)11(16)9-13(19)20/h3-7,11-12H,8-9,16H2,1-2H3,(H,17,21)(H,19,20)/t11-,12-/m0/s1. The van der Waals surface area contributed by atoms with E-state index in [4.69, 9.17) is 10.8 Å². The van der Waals surface area contributed by atoms with Crippen molar-refractivity contribution in [3.63, 3.8) is 0 Å². The monoisotopic (exact) mass is 307 g/mol. The van der Waals surface area contributed by atoms with E-state index in [1.54, 1.807) is 14.1 Å². The summed E-state index contributed by atoms with van der Waals surface area (Å²) >= 11 is 0. The number of carboxylic acids is 1. The summed E-state index contributed by atoms with van der Waals surface area (Å²) in [5.41, 5.74) is 6.40. The first-order valence-corrected chi connectivity index (χ1v) is 6.84. The van der Waals surface area contributed by atoms with E-state index < -0.39 is 30.4 Å². The first-order chi connectivity index (χ1) is 10.3. The molecule has 120 valence electrons. The summed E-state index contributed by atoms with van der Waals surface area (Å²) in [5.74, 6) is -2.10. The Morgan fingerprint density at radius 2 is 1.82 bits per heavy atom. The van der Waals surface area contributed by atoms with Crippen LogP contribution >= 0.6 is 0 Å². The van der Waals surface area contributed by atoms with E-state index in [0.717, 1.165) is 5.56 Å². The molecule has 0 fully saturated rings. The quantitative estimate of drug-likeness (QED) is 0.634. The molecule has 0 aromatic heterocycles. The highest BCUT2D eigenvalue weighted by Gasteiger charge is 2.26. The number of hydrogen-bond acceptors (Lipinski definition) is 4. The maximum Gasteiger partial charge on any atom is 0.305 e. The van der Waals surface area contributed by atoms with Crippen LogP contribution in [0.5, 0.6) is 0 Å². The number of rotatable bonds is 7. The van der Waals surface area contributed by atoms with Crippen LogP contribution in [-0.2, 0) is 20.8 Å². The molecule has 0 heterocycles. The maximum atomic E-state index is 12.2. The van der Waals surface area contributed by atoms with Crippen molar-refractivity contribution in [2.45, 2.75) is 24.9 Å². The molecule has 0 saturated carbocycles. The second-order valence-electron chi connectivity index (χ2n) is 5.19. The molecule has 1 aromatic rings. The van der Waals surface area contributed by atoms with Gasteiger partial charge in [-0.15, -0.1) is 0 Å². The van der Waals surface area contributed by atoms with E-state index in [2.05, 4.69) is 5.32 Å². The Morgan fingerprint density at radius 3 is 2.32 bits per heavy atom. The molecule has 22 heavy (non-hydrogen) atoms. The summed E-state index contributed by atoms with van der Waals surface area (Å²) in [4.78, 5) is 36.1. The lowest BCUT2D eigenvalue weighted by atomic mass is 10.0. The number of hydrogen-bond donors (Lipinski definition) is 3. The van der Waals surface area contributed by atoms with Gasteiger partial charge in [0.1, 0.15) is 6.04 Å². The number of benzene rings is 1. The molecule has 7 nitrogen and oxygen atoms in total. The molecule has 1 rings (SSSR count). The van der Waals surface area contributed by atoms with Crippen molar-refractivity contribution in [2.24, 2.45) is 5.73 Å². The Kier molecular flexibility index (Phi) is 6.52. The lowest BCUT2D eigenvalue weighted by Gasteiger charge is -2.23. The van der Waals surface area contributed by atoms with Crippen LogP contribution in [0.4, 0.5) is 0 Å². The van der Waals surface area contributed by atoms with Crippen molar-refractivity contribution in [1.29, 1.82) is 0 Å². The minimum absolute atomic E-state index is 0.278. The number of amides is 2. The minimum atomic E-state index is -1.19. The smallest absolute Gasteiger partial charge is 0.305 e. The summed E-state index contributed by atoms with van der Waals surface area (Å²) in [6.07, 6.45) is -0.177. The number of carbonyl (C=O) groups excluding carboxylic acids is 2. The molecule has 0 bridgehead atoms. The van der Waals surface area contributed by atoms with Crippen LogP contribution in [0.15, 0.2) is 30.3 Å². The number of carbonyl (C=O) groups is 3. The van der Waals surface area contributed by atoms with Crippen molar-refractivity contribution in [3.05, 3.63) is 35.9 Å². The summed E-state index contributed by atoms with van der Waals surface area (Å²) < 4.78 is 0. The highest BCUT2D eigenvalue weighted by atomic mass is 16.4. The molecule has 7 heteroatoms. The Balaban J connectivity index is 2.80. The van der Waals surface area contributed by atoms with Gasteiger partial charge in [-0.3, -0.25) is 14.4 Å². The van der Waals surface area contributed by atoms with Gasteiger partial charge < -0.3 is 21.1 Å². The normalized spacial score (nSPS) is 13.0. The molecule has 1 aromatic carbocycles. The fraction of sp³-hybridized carbons (Fsp3) is 0.400. The van der Waals surface area contributed by atoms with Crippen LogP contribution in [0, 0.1) is 0 Å². The van der Waals surface area contributed by atoms with E-state index in [9.17, 15) is 14.4 Å². The van der Waals surface area contributed by atoms with Gasteiger partial charge in [-0.25, -0.2) is 0 Å². The van der Waals surface area contributed by atoms with Gasteiger partial charge in [0.2, 0.25) is 11.8 Å². The Bertz CT molecular complexity index is 531. The average molecular weight is 307 g/mol. The number of nitrogens with two attached hydrogens (primary N) is 1. The van der Waals surface area contributed by atoms with Crippen molar-refractivity contribution >= 4 is 17.8 Å². The molecular weight excluding hydrogens is 286 g/mol. The number of carboxylic acid groups (broad SMARTS) is 1. The van der Waals surface area contributed by atoms with Gasteiger partial charge >= 0.3 is 5.97 Å². The predicted octanol–water partition coefficient (Wildman–Crippen LogP) is -0.396. The highest BCUT2D eigenvalue weighted by Crippen LogP contribution is 2.05. The fourth-order valence-corrected chi connectivity index (χ4v) is 1.92. The maximum absolute atomic E-state index is 12.2. The third-order valence-electron chi connectivity index (χ3n) is 3.07. The van der Waals surface area contributed by atoms with Crippen LogP contribution in [0.1, 0.15) is 12.0 Å². The Morgan fingerprint density at radius 1 is 1.23 bits per heavy atom. The predicted molar refractivity (Wildman–Crippen MR) is 81.0 cm³/mol. The van der Waals surface area contributed by atoms with Gasteiger partial charge in [-0.2, -0.15) is 0 Å². The molecule has 0 aliphatic heterocycles. The SMILES string of the molecule is CN(C)C(=O)[C@H](Cc1ccccc1)NC(=O)[C@@H](N)CC(=O)O. The van der Waals surface area contributed by atoms with E-state index in [1.165, 1.54) is 4.90 Å². The van der Waals surface area contributed by atoms with Crippen molar-refractivity contribution in [3.8, 4) is 0 Å². The summed E-state index contributed by atoms with van der Waals surface area (Å²) in [7, 11) is 3.17. The topological polar surface area (TPSA) is 113 Å². The molecule has 2 atom stereocenters. The largest absolute Gasteiger partial charge is 0.481 e. The number of nitrogens with zero attached hydrogens (tertiary/aromatic N) is 1. The number of nitrogens with one attached hydrogen (secondary N) is 1. The zero-order valence-electron chi connectivity index (χ0n) is 12.7. The summed E-state index contributed by atoms with van der Waals surface area (Å²) in [6, 6.07) is 7.25. The molecule has 0 saturated heterocycles. The van der Waals surface area contributed by atoms with Gasteiger partial charge in [0.25, 0.3) is 0 Å². The van der Waals surface area contributed by atoms with Crippen LogP contribution in [-0.4, -0.2) is 54.0 Å². The van der Waals surface area contributed by atoms with E-state index in [1.807, 2.05) is 30.3 Å². The molecule has 0 radical (unpaired) electrons. The third-order valence-corrected chi connectivity index (χ3v) is 3.07. The lowest BCUT2D eigenvalue weighted by molar-refractivity contribution is -0.140. The van der Waals surface area contributed by atoms with E-state index in [0.29, 0.717) is 6.42 Å². The van der Waals surface area contributed by atoms with E-state index in [-0.39, 0.29) is 5.91 Å². The summed E-state index contributed by atoms with van der Waals surface area (Å²) in [6.45, 7) is 0. The van der Waals surface area contributed by atoms with Gasteiger partial charge in [-0.05, 0) is 5.56 Å². The molecule has 0 unspecified atom stereocenters. The second kappa shape index (κ2) is 8.14. The van der Waals surface area contributed by atoms with Crippen LogP contribution in [0.2, 0.25) is 0 Å². The first kappa shape index (κ1) is 17.6. The fourth-order valence-electron chi connectivity index (χ4n) is 1.92. The van der Waals surface area contributed by atoms with Crippen molar-refractivity contribution < 1.29 is 19.5 Å². The lowest BCUT2D eigenvalue weighted by Crippen LogP contribution is -2.52. The van der Waals surface area contributed by atoms with Crippen molar-refractivity contribution in [2.75, 3.05) is 14.1 Å². The van der Waals surface area contributed by atoms with E-state index >= 15 is 0 Å². The van der Waals surface area contributed by atoms with Crippen LogP contribution in [0.25, 0.3) is 0 Å². The average Bonchev–Trinajstić information content (AvgIpc) is 2.45.